The molecular formula is C16H27NSi. The molecule has 1 aromatic rings. The predicted octanol–water partition coefficient (Wildman–Crippen LogP) is 3.61. The molecule has 1 heterocycles. The second-order valence-electron chi connectivity index (χ2n) is 6.64. The normalized spacial score (nSPS) is 18.6. The summed E-state index contributed by atoms with van der Waals surface area (Å²) in [5, 5.41) is 1.57. The van der Waals surface area contributed by atoms with E-state index in [-0.39, 0.29) is 0 Å². The molecule has 1 nitrogen and oxygen atoms in total. The Bertz CT molecular complexity index is 356. The zero-order chi connectivity index (χ0) is 13.0. The third-order valence-electron chi connectivity index (χ3n) is 3.92. The topological polar surface area (TPSA) is 3.24 Å². The van der Waals surface area contributed by atoms with Crippen molar-refractivity contribution in [1.82, 2.24) is 4.90 Å². The molecule has 0 atom stereocenters. The van der Waals surface area contributed by atoms with E-state index in [9.17, 15) is 0 Å². The Hall–Kier alpha value is -0.603. The molecule has 0 spiro atoms. The van der Waals surface area contributed by atoms with Gasteiger partial charge in [-0.25, -0.2) is 0 Å². The maximum Gasteiger partial charge on any atom is 0.0775 e. The molecule has 0 bridgehead atoms. The van der Waals surface area contributed by atoms with Gasteiger partial charge in [0.05, 0.1) is 8.07 Å². The molecule has 1 aliphatic rings. The van der Waals surface area contributed by atoms with Crippen molar-refractivity contribution >= 4 is 13.3 Å². The van der Waals surface area contributed by atoms with Crippen molar-refractivity contribution in [2.45, 2.75) is 51.9 Å². The maximum atomic E-state index is 2.62. The molecule has 1 aliphatic heterocycles. The van der Waals surface area contributed by atoms with Crippen LogP contribution in [0.2, 0.25) is 19.6 Å². The van der Waals surface area contributed by atoms with Crippen LogP contribution in [-0.2, 0) is 6.54 Å². The predicted molar refractivity (Wildman–Crippen MR) is 83.2 cm³/mol. The fourth-order valence-corrected chi connectivity index (χ4v) is 3.83. The average molecular weight is 261 g/mol. The standard InChI is InChI=1S/C16H27NSi/c1-18(2,3)16-10-8-15(9-11-16)14-17-12-6-4-5-7-13-17/h8-11H,4-7,12-14H2,1-3H3. The van der Waals surface area contributed by atoms with Gasteiger partial charge in [0.15, 0.2) is 0 Å². The molecule has 0 saturated carbocycles. The van der Waals surface area contributed by atoms with E-state index in [0.717, 1.165) is 6.54 Å². The molecule has 1 fully saturated rings. The highest BCUT2D eigenvalue weighted by atomic mass is 28.3. The van der Waals surface area contributed by atoms with Gasteiger partial charge in [-0.2, -0.15) is 0 Å². The van der Waals surface area contributed by atoms with Gasteiger partial charge >= 0.3 is 0 Å². The van der Waals surface area contributed by atoms with E-state index in [1.165, 1.54) is 44.3 Å². The monoisotopic (exact) mass is 261 g/mol. The molecular weight excluding hydrogens is 234 g/mol. The van der Waals surface area contributed by atoms with E-state index in [2.05, 4.69) is 48.8 Å². The van der Waals surface area contributed by atoms with Crippen LogP contribution in [0, 0.1) is 0 Å². The second kappa shape index (κ2) is 6.03. The number of hydrogen-bond donors (Lipinski definition) is 0. The van der Waals surface area contributed by atoms with Crippen LogP contribution in [-0.4, -0.2) is 26.1 Å². The molecule has 0 amide bonds. The number of rotatable bonds is 3. The highest BCUT2D eigenvalue weighted by molar-refractivity contribution is 6.88. The van der Waals surface area contributed by atoms with Crippen LogP contribution in [0.1, 0.15) is 31.2 Å². The first-order valence-corrected chi connectivity index (χ1v) is 10.9. The number of nitrogens with zero attached hydrogens (tertiary/aromatic N) is 1. The Morgan fingerprint density at radius 1 is 0.889 bits per heavy atom. The van der Waals surface area contributed by atoms with Crippen molar-refractivity contribution in [2.24, 2.45) is 0 Å². The lowest BCUT2D eigenvalue weighted by atomic mass is 10.2. The number of benzene rings is 1. The van der Waals surface area contributed by atoms with Gasteiger partial charge in [-0.1, -0.05) is 61.9 Å². The van der Waals surface area contributed by atoms with Crippen molar-refractivity contribution in [1.29, 1.82) is 0 Å². The number of likely N-dealkylation sites (tertiary alicyclic amines) is 1. The molecule has 0 unspecified atom stereocenters. The summed E-state index contributed by atoms with van der Waals surface area (Å²) in [6.45, 7) is 11.0. The largest absolute Gasteiger partial charge is 0.299 e. The lowest BCUT2D eigenvalue weighted by Gasteiger charge is -2.21. The molecule has 0 aromatic heterocycles. The van der Waals surface area contributed by atoms with Gasteiger partial charge in [0.2, 0.25) is 0 Å². The molecule has 1 aromatic carbocycles. The Labute approximate surface area is 113 Å². The minimum atomic E-state index is -1.13. The van der Waals surface area contributed by atoms with E-state index in [4.69, 9.17) is 0 Å². The van der Waals surface area contributed by atoms with Gasteiger partial charge in [-0.15, -0.1) is 0 Å². The van der Waals surface area contributed by atoms with Crippen LogP contribution in [0.15, 0.2) is 24.3 Å². The van der Waals surface area contributed by atoms with Crippen molar-refractivity contribution < 1.29 is 0 Å². The lowest BCUT2D eigenvalue weighted by Crippen LogP contribution is -2.37. The van der Waals surface area contributed by atoms with Crippen molar-refractivity contribution in [3.63, 3.8) is 0 Å². The van der Waals surface area contributed by atoms with Gasteiger partial charge in [0.25, 0.3) is 0 Å². The third kappa shape index (κ3) is 3.96. The first kappa shape index (κ1) is 13.8. The zero-order valence-corrected chi connectivity index (χ0v) is 13.2. The third-order valence-corrected chi connectivity index (χ3v) is 5.99. The molecule has 0 N–H and O–H groups in total. The van der Waals surface area contributed by atoms with E-state index in [1.54, 1.807) is 5.19 Å². The van der Waals surface area contributed by atoms with Gasteiger partial charge in [-0.3, -0.25) is 4.90 Å². The molecule has 0 aliphatic carbocycles. The summed E-state index contributed by atoms with van der Waals surface area (Å²) in [5.41, 5.74) is 1.49. The Morgan fingerprint density at radius 3 is 1.94 bits per heavy atom. The van der Waals surface area contributed by atoms with E-state index in [1.807, 2.05) is 0 Å². The summed E-state index contributed by atoms with van der Waals surface area (Å²) in [5.74, 6) is 0. The van der Waals surface area contributed by atoms with Gasteiger partial charge < -0.3 is 0 Å². The minimum absolute atomic E-state index is 1.13. The first-order valence-electron chi connectivity index (χ1n) is 7.37. The van der Waals surface area contributed by atoms with Crippen LogP contribution in [0.5, 0.6) is 0 Å². The average Bonchev–Trinajstić information content (AvgIpc) is 2.57. The molecule has 2 rings (SSSR count). The van der Waals surface area contributed by atoms with Crippen LogP contribution in [0.25, 0.3) is 0 Å². The summed E-state index contributed by atoms with van der Waals surface area (Å²) >= 11 is 0. The summed E-state index contributed by atoms with van der Waals surface area (Å²) in [7, 11) is -1.13. The maximum absolute atomic E-state index is 2.62. The van der Waals surface area contributed by atoms with Crippen LogP contribution in [0.3, 0.4) is 0 Å². The highest BCUT2D eigenvalue weighted by Gasteiger charge is 2.16. The summed E-state index contributed by atoms with van der Waals surface area (Å²) in [6.07, 6.45) is 5.61. The lowest BCUT2D eigenvalue weighted by molar-refractivity contribution is 0.277. The summed E-state index contributed by atoms with van der Waals surface area (Å²) in [6, 6.07) is 9.41. The van der Waals surface area contributed by atoms with E-state index >= 15 is 0 Å². The van der Waals surface area contributed by atoms with Gasteiger partial charge in [-0.05, 0) is 31.5 Å². The number of hydrogen-bond acceptors (Lipinski definition) is 1. The van der Waals surface area contributed by atoms with Gasteiger partial charge in [0, 0.05) is 6.54 Å². The second-order valence-corrected chi connectivity index (χ2v) is 11.7. The summed E-state index contributed by atoms with van der Waals surface area (Å²) in [4.78, 5) is 2.62. The van der Waals surface area contributed by atoms with Crippen molar-refractivity contribution in [3.05, 3.63) is 29.8 Å². The summed E-state index contributed by atoms with van der Waals surface area (Å²) < 4.78 is 0. The van der Waals surface area contributed by atoms with E-state index in [0.29, 0.717) is 0 Å². The Kier molecular flexibility index (Phi) is 4.63. The molecule has 1 saturated heterocycles. The molecule has 2 heteroatoms. The van der Waals surface area contributed by atoms with Crippen molar-refractivity contribution in [3.8, 4) is 0 Å². The molecule has 18 heavy (non-hydrogen) atoms. The van der Waals surface area contributed by atoms with Gasteiger partial charge in [0.1, 0.15) is 0 Å². The molecule has 0 radical (unpaired) electrons. The minimum Gasteiger partial charge on any atom is -0.299 e. The Balaban J connectivity index is 1.97. The van der Waals surface area contributed by atoms with Crippen molar-refractivity contribution in [2.75, 3.05) is 13.1 Å². The first-order chi connectivity index (χ1) is 8.55. The fourth-order valence-electron chi connectivity index (χ4n) is 2.66. The highest BCUT2D eigenvalue weighted by Crippen LogP contribution is 2.13. The smallest absolute Gasteiger partial charge is 0.0775 e. The van der Waals surface area contributed by atoms with E-state index < -0.39 is 8.07 Å². The quantitative estimate of drug-likeness (QED) is 0.751. The zero-order valence-electron chi connectivity index (χ0n) is 12.2. The Morgan fingerprint density at radius 2 is 1.44 bits per heavy atom. The van der Waals surface area contributed by atoms with Crippen LogP contribution in [0.4, 0.5) is 0 Å². The molecule has 100 valence electrons. The fraction of sp³-hybridized carbons (Fsp3) is 0.625. The van der Waals surface area contributed by atoms with Crippen LogP contribution < -0.4 is 5.19 Å². The van der Waals surface area contributed by atoms with Crippen LogP contribution >= 0.6 is 0 Å². The SMILES string of the molecule is C[Si](C)(C)c1ccc(CN2CCCCCC2)cc1.